The molecule has 1 saturated carbocycles. The van der Waals surface area contributed by atoms with E-state index in [0.29, 0.717) is 0 Å². The Hall–Kier alpha value is -1.41. The molecule has 26 heavy (non-hydrogen) atoms. The first-order chi connectivity index (χ1) is 12.9. The van der Waals surface area contributed by atoms with E-state index in [2.05, 4.69) is 42.5 Å². The second-order valence-electron chi connectivity index (χ2n) is 7.79. The third-order valence-electron chi connectivity index (χ3n) is 5.69. The third kappa shape index (κ3) is 4.85. The summed E-state index contributed by atoms with van der Waals surface area (Å²) in [6.45, 7) is 0.881. The second-order valence-corrected chi connectivity index (χ2v) is 8.93. The molecule has 0 aromatic heterocycles. The van der Waals surface area contributed by atoms with Crippen LogP contribution < -0.4 is 4.74 Å². The molecule has 0 heterocycles. The minimum Gasteiger partial charge on any atom is -0.493 e. The predicted octanol–water partition coefficient (Wildman–Crippen LogP) is 7.39. The van der Waals surface area contributed by atoms with Crippen molar-refractivity contribution in [3.05, 3.63) is 48.0 Å². The molecular weight excluding hydrogens is 336 g/mol. The average Bonchev–Trinajstić information content (AvgIpc) is 3.52. The van der Waals surface area contributed by atoms with Gasteiger partial charge in [0.15, 0.2) is 0 Å². The molecule has 0 saturated heterocycles. The lowest BCUT2D eigenvalue weighted by Crippen LogP contribution is -2.15. The van der Waals surface area contributed by atoms with Crippen molar-refractivity contribution in [1.82, 2.24) is 0 Å². The zero-order valence-electron chi connectivity index (χ0n) is 15.7. The van der Waals surface area contributed by atoms with E-state index in [0.717, 1.165) is 18.3 Å². The zero-order chi connectivity index (χ0) is 17.6. The molecule has 1 fully saturated rings. The van der Waals surface area contributed by atoms with Crippen molar-refractivity contribution in [2.75, 3.05) is 12.4 Å². The summed E-state index contributed by atoms with van der Waals surface area (Å²) in [7, 11) is 0. The molecule has 0 amide bonds. The van der Waals surface area contributed by atoms with Gasteiger partial charge in [0.2, 0.25) is 0 Å². The number of hydrogen-bond donors (Lipinski definition) is 0. The van der Waals surface area contributed by atoms with Gasteiger partial charge in [-0.15, -0.1) is 11.8 Å². The topological polar surface area (TPSA) is 9.23 Å². The number of ether oxygens (including phenoxy) is 1. The van der Waals surface area contributed by atoms with Crippen LogP contribution in [-0.2, 0) is 0 Å². The van der Waals surface area contributed by atoms with Crippen LogP contribution in [0.15, 0.2) is 52.9 Å². The van der Waals surface area contributed by atoms with Crippen LogP contribution in [0.1, 0.15) is 57.8 Å². The van der Waals surface area contributed by atoms with Gasteiger partial charge in [-0.25, -0.2) is 0 Å². The van der Waals surface area contributed by atoms with E-state index in [4.69, 9.17) is 4.74 Å². The van der Waals surface area contributed by atoms with Crippen molar-refractivity contribution in [3.8, 4) is 5.75 Å². The fraction of sp³-hybridized carbons (Fsp3) is 0.500. The molecule has 2 aliphatic rings. The van der Waals surface area contributed by atoms with Gasteiger partial charge in [0.1, 0.15) is 5.75 Å². The Morgan fingerprint density at radius 1 is 0.923 bits per heavy atom. The second kappa shape index (κ2) is 8.99. The summed E-state index contributed by atoms with van der Waals surface area (Å²) in [5, 5.41) is 2.62. The number of unbranched alkanes of at least 4 members (excludes halogenated alkanes) is 1. The van der Waals surface area contributed by atoms with Crippen molar-refractivity contribution in [2.45, 2.75) is 62.7 Å². The van der Waals surface area contributed by atoms with Gasteiger partial charge in [0, 0.05) is 10.3 Å². The summed E-state index contributed by atoms with van der Waals surface area (Å²) in [5.41, 5.74) is 1.67. The van der Waals surface area contributed by atoms with Crippen LogP contribution >= 0.6 is 11.8 Å². The largest absolute Gasteiger partial charge is 0.493 e. The number of allylic oxidation sites excluding steroid dienone is 2. The Morgan fingerprint density at radius 3 is 2.54 bits per heavy atom. The van der Waals surface area contributed by atoms with Crippen LogP contribution in [-0.4, -0.2) is 12.4 Å². The van der Waals surface area contributed by atoms with Gasteiger partial charge in [0.05, 0.1) is 6.61 Å². The molecule has 0 radical (unpaired) electrons. The molecule has 0 N–H and O–H groups in total. The minimum atomic E-state index is 0.748. The van der Waals surface area contributed by atoms with Crippen LogP contribution in [0.2, 0.25) is 0 Å². The van der Waals surface area contributed by atoms with E-state index in [-0.39, 0.29) is 0 Å². The molecule has 0 spiro atoms. The highest BCUT2D eigenvalue weighted by atomic mass is 32.2. The minimum absolute atomic E-state index is 0.748. The lowest BCUT2D eigenvalue weighted by molar-refractivity contribution is 0.210. The Labute approximate surface area is 162 Å². The number of thioether (sulfide) groups is 1. The van der Waals surface area contributed by atoms with Crippen molar-refractivity contribution >= 4 is 22.5 Å². The van der Waals surface area contributed by atoms with Gasteiger partial charge in [-0.3, -0.25) is 0 Å². The third-order valence-corrected chi connectivity index (χ3v) is 6.85. The molecule has 0 atom stereocenters. The molecule has 2 heteroatoms. The molecule has 138 valence electrons. The van der Waals surface area contributed by atoms with E-state index in [1.165, 1.54) is 79.2 Å². The number of benzene rings is 2. The van der Waals surface area contributed by atoms with Gasteiger partial charge >= 0.3 is 0 Å². The normalized spacial score (nSPS) is 17.3. The smallest absolute Gasteiger partial charge is 0.127 e. The van der Waals surface area contributed by atoms with Crippen LogP contribution in [0.5, 0.6) is 5.75 Å². The molecule has 2 aromatic rings. The predicted molar refractivity (Wildman–Crippen MR) is 113 cm³/mol. The fourth-order valence-corrected chi connectivity index (χ4v) is 5.04. The SMILES string of the molecule is C1=C(CCCCSc2ccc(OCC3CCCCC3)c3ccccc23)C1. The van der Waals surface area contributed by atoms with Gasteiger partial charge in [-0.2, -0.15) is 0 Å². The Kier molecular flexibility index (Phi) is 6.22. The molecule has 1 nitrogen and oxygen atoms in total. The van der Waals surface area contributed by atoms with Gasteiger partial charge in [-0.05, 0) is 67.7 Å². The maximum atomic E-state index is 6.27. The van der Waals surface area contributed by atoms with Crippen LogP contribution in [0, 0.1) is 5.92 Å². The Morgan fingerprint density at radius 2 is 1.73 bits per heavy atom. The van der Waals surface area contributed by atoms with E-state index >= 15 is 0 Å². The van der Waals surface area contributed by atoms with Gasteiger partial charge < -0.3 is 4.74 Å². The standard InChI is InChI=1S/C24H30OS/c1-2-9-20(10-3-1)18-25-23-15-16-24(22-12-5-4-11-21(22)23)26-17-7-6-8-19-13-14-19/h4-5,11-13,15-16,20H,1-3,6-10,14,17-18H2. The first-order valence-electron chi connectivity index (χ1n) is 10.4. The number of fused-ring (bicyclic) bond motifs is 1. The number of hydrogen-bond acceptors (Lipinski definition) is 2. The summed E-state index contributed by atoms with van der Waals surface area (Å²) in [6, 6.07) is 13.2. The van der Waals surface area contributed by atoms with Crippen LogP contribution in [0.3, 0.4) is 0 Å². The quantitative estimate of drug-likeness (QED) is 0.260. The maximum absolute atomic E-state index is 6.27. The highest BCUT2D eigenvalue weighted by molar-refractivity contribution is 7.99. The first kappa shape index (κ1) is 18.0. The monoisotopic (exact) mass is 366 g/mol. The lowest BCUT2D eigenvalue weighted by Gasteiger charge is -2.22. The summed E-state index contributed by atoms with van der Waals surface area (Å²) >= 11 is 2.00. The van der Waals surface area contributed by atoms with E-state index in [9.17, 15) is 0 Å². The molecular formula is C24H30OS. The van der Waals surface area contributed by atoms with E-state index < -0.39 is 0 Å². The molecule has 2 aliphatic carbocycles. The fourth-order valence-electron chi connectivity index (χ4n) is 3.97. The molecule has 0 bridgehead atoms. The van der Waals surface area contributed by atoms with Crippen molar-refractivity contribution in [2.24, 2.45) is 5.92 Å². The molecule has 2 aromatic carbocycles. The highest BCUT2D eigenvalue weighted by Crippen LogP contribution is 2.35. The average molecular weight is 367 g/mol. The zero-order valence-corrected chi connectivity index (χ0v) is 16.5. The van der Waals surface area contributed by atoms with Gasteiger partial charge in [0.25, 0.3) is 0 Å². The summed E-state index contributed by atoms with van der Waals surface area (Å²) in [4.78, 5) is 1.40. The van der Waals surface area contributed by atoms with Crippen LogP contribution in [0.4, 0.5) is 0 Å². The van der Waals surface area contributed by atoms with E-state index in [1.54, 1.807) is 5.57 Å². The lowest BCUT2D eigenvalue weighted by atomic mass is 9.90. The molecule has 4 rings (SSSR count). The first-order valence-corrected chi connectivity index (χ1v) is 11.3. The maximum Gasteiger partial charge on any atom is 0.127 e. The Balaban J connectivity index is 1.38. The number of rotatable bonds is 9. The van der Waals surface area contributed by atoms with Crippen molar-refractivity contribution in [1.29, 1.82) is 0 Å². The Bertz CT molecular complexity index is 758. The summed E-state index contributed by atoms with van der Waals surface area (Å²) < 4.78 is 6.27. The molecule has 0 aliphatic heterocycles. The highest BCUT2D eigenvalue weighted by Gasteiger charge is 2.15. The van der Waals surface area contributed by atoms with E-state index in [1.807, 2.05) is 11.8 Å². The van der Waals surface area contributed by atoms with Gasteiger partial charge in [-0.1, -0.05) is 55.2 Å². The summed E-state index contributed by atoms with van der Waals surface area (Å²) in [6.07, 6.45) is 14.4. The molecule has 0 unspecified atom stereocenters. The summed E-state index contributed by atoms with van der Waals surface area (Å²) in [5.74, 6) is 3.02. The van der Waals surface area contributed by atoms with Crippen molar-refractivity contribution in [3.63, 3.8) is 0 Å². The van der Waals surface area contributed by atoms with Crippen molar-refractivity contribution < 1.29 is 4.74 Å². The van der Waals surface area contributed by atoms with Crippen LogP contribution in [0.25, 0.3) is 10.8 Å².